The van der Waals surface area contributed by atoms with Gasteiger partial charge in [-0.25, -0.2) is 4.98 Å². The van der Waals surface area contributed by atoms with Crippen molar-refractivity contribution in [2.45, 2.75) is 19.6 Å². The van der Waals surface area contributed by atoms with Gasteiger partial charge in [0.25, 0.3) is 0 Å². The fourth-order valence-electron chi connectivity index (χ4n) is 2.36. The number of nitrogens with two attached hydrogens (primary N) is 1. The first-order valence-electron chi connectivity index (χ1n) is 6.24. The maximum absolute atomic E-state index is 5.79. The van der Waals surface area contributed by atoms with Crippen LogP contribution in [0.2, 0.25) is 0 Å². The van der Waals surface area contributed by atoms with Gasteiger partial charge in [-0.15, -0.1) is 0 Å². The average Bonchev–Trinajstić information content (AvgIpc) is 2.98. The molecule has 0 spiro atoms. The molecule has 1 unspecified atom stereocenters. The van der Waals surface area contributed by atoms with Crippen LogP contribution in [0.4, 0.5) is 0 Å². The number of nitrogens with zero attached hydrogens (tertiary/aromatic N) is 2. The minimum Gasteiger partial charge on any atom is -0.454 e. The molecule has 1 aliphatic rings. The summed E-state index contributed by atoms with van der Waals surface area (Å²) >= 11 is 0. The van der Waals surface area contributed by atoms with Crippen LogP contribution in [0.5, 0.6) is 11.5 Å². The molecular weight excluding hydrogens is 246 g/mol. The van der Waals surface area contributed by atoms with Crippen LogP contribution in [-0.2, 0) is 11.3 Å². The first-order valence-corrected chi connectivity index (χ1v) is 6.24. The summed E-state index contributed by atoms with van der Waals surface area (Å²) in [4.78, 5) is 4.60. The molecule has 1 aliphatic heterocycles. The fraction of sp³-hybridized carbons (Fsp3) is 0.462. The van der Waals surface area contributed by atoms with Crippen molar-refractivity contribution < 1.29 is 14.2 Å². The van der Waals surface area contributed by atoms with E-state index < -0.39 is 0 Å². The zero-order valence-electron chi connectivity index (χ0n) is 11.0. The predicted molar refractivity (Wildman–Crippen MR) is 70.3 cm³/mol. The van der Waals surface area contributed by atoms with Crippen molar-refractivity contribution in [2.75, 3.05) is 20.4 Å². The molecule has 19 heavy (non-hydrogen) atoms. The van der Waals surface area contributed by atoms with Gasteiger partial charge in [0.15, 0.2) is 11.5 Å². The zero-order valence-corrected chi connectivity index (χ0v) is 11.0. The molecule has 0 bridgehead atoms. The van der Waals surface area contributed by atoms with Gasteiger partial charge >= 0.3 is 0 Å². The van der Waals surface area contributed by atoms with Crippen LogP contribution in [0, 0.1) is 0 Å². The molecule has 0 amide bonds. The summed E-state index contributed by atoms with van der Waals surface area (Å²) in [6, 6.07) is 4.00. The van der Waals surface area contributed by atoms with Crippen LogP contribution in [0.1, 0.15) is 18.8 Å². The number of benzene rings is 1. The Morgan fingerprint density at radius 3 is 2.84 bits per heavy atom. The number of rotatable bonds is 4. The molecule has 0 aliphatic carbocycles. The van der Waals surface area contributed by atoms with Crippen LogP contribution in [-0.4, -0.2) is 30.0 Å². The van der Waals surface area contributed by atoms with E-state index >= 15 is 0 Å². The van der Waals surface area contributed by atoms with Crippen LogP contribution in [0.25, 0.3) is 11.0 Å². The number of ether oxygens (including phenoxy) is 3. The number of fused-ring (bicyclic) bond motifs is 2. The standard InChI is InChI=1S/C13H17N3O3/c1-8(5-14)16-10-4-12-11(18-7-19-12)3-9(10)15-13(16)6-17-2/h3-4,8H,5-7,14H2,1-2H3. The number of imidazole rings is 1. The van der Waals surface area contributed by atoms with Crippen LogP contribution in [0.15, 0.2) is 12.1 Å². The predicted octanol–water partition coefficient (Wildman–Crippen LogP) is 1.43. The van der Waals surface area contributed by atoms with E-state index in [4.69, 9.17) is 19.9 Å². The average molecular weight is 263 g/mol. The lowest BCUT2D eigenvalue weighted by atomic mass is 10.2. The van der Waals surface area contributed by atoms with Crippen molar-refractivity contribution in [2.24, 2.45) is 5.73 Å². The second kappa shape index (κ2) is 4.71. The Balaban J connectivity index is 2.20. The molecule has 2 heterocycles. The van der Waals surface area contributed by atoms with Crippen molar-refractivity contribution >= 4 is 11.0 Å². The van der Waals surface area contributed by atoms with E-state index in [1.165, 1.54) is 0 Å². The summed E-state index contributed by atoms with van der Waals surface area (Å²) in [5.41, 5.74) is 7.65. The maximum atomic E-state index is 5.79. The fourth-order valence-corrected chi connectivity index (χ4v) is 2.36. The topological polar surface area (TPSA) is 71.5 Å². The Morgan fingerprint density at radius 1 is 1.42 bits per heavy atom. The van der Waals surface area contributed by atoms with E-state index in [1.807, 2.05) is 12.1 Å². The van der Waals surface area contributed by atoms with E-state index in [-0.39, 0.29) is 12.8 Å². The molecular formula is C13H17N3O3. The highest BCUT2D eigenvalue weighted by Gasteiger charge is 2.20. The molecule has 0 saturated heterocycles. The lowest BCUT2D eigenvalue weighted by Crippen LogP contribution is -2.18. The molecule has 6 nitrogen and oxygen atoms in total. The first-order chi connectivity index (χ1) is 9.24. The molecule has 0 fully saturated rings. The monoisotopic (exact) mass is 263 g/mol. The van der Waals surface area contributed by atoms with E-state index in [1.54, 1.807) is 7.11 Å². The van der Waals surface area contributed by atoms with Crippen LogP contribution in [0.3, 0.4) is 0 Å². The maximum Gasteiger partial charge on any atom is 0.231 e. The Morgan fingerprint density at radius 2 is 2.16 bits per heavy atom. The normalized spacial score (nSPS) is 15.1. The summed E-state index contributed by atoms with van der Waals surface area (Å²) in [6.45, 7) is 3.31. The minimum absolute atomic E-state index is 0.149. The molecule has 1 aromatic carbocycles. The molecule has 0 saturated carbocycles. The third-order valence-electron chi connectivity index (χ3n) is 3.31. The quantitative estimate of drug-likeness (QED) is 0.903. The third kappa shape index (κ3) is 1.93. The summed E-state index contributed by atoms with van der Waals surface area (Å²) in [5, 5.41) is 0. The smallest absolute Gasteiger partial charge is 0.231 e. The molecule has 6 heteroatoms. The van der Waals surface area contributed by atoms with Gasteiger partial charge in [-0.05, 0) is 6.92 Å². The second-order valence-corrected chi connectivity index (χ2v) is 4.61. The van der Waals surface area contributed by atoms with Gasteiger partial charge < -0.3 is 24.5 Å². The summed E-state index contributed by atoms with van der Waals surface area (Å²) in [6.07, 6.45) is 0. The number of aromatic nitrogens is 2. The Labute approximate surface area is 111 Å². The first kappa shape index (κ1) is 12.3. The van der Waals surface area contributed by atoms with Gasteiger partial charge in [-0.1, -0.05) is 0 Å². The van der Waals surface area contributed by atoms with Crippen molar-refractivity contribution in [3.05, 3.63) is 18.0 Å². The number of methoxy groups -OCH3 is 1. The Kier molecular flexibility index (Phi) is 3.04. The lowest BCUT2D eigenvalue weighted by Gasteiger charge is -2.15. The Hall–Kier alpha value is -1.79. The third-order valence-corrected chi connectivity index (χ3v) is 3.31. The molecule has 1 atom stereocenters. The van der Waals surface area contributed by atoms with E-state index in [0.717, 1.165) is 28.4 Å². The van der Waals surface area contributed by atoms with Crippen molar-refractivity contribution in [1.29, 1.82) is 0 Å². The van der Waals surface area contributed by atoms with Gasteiger partial charge in [0, 0.05) is 31.8 Å². The lowest BCUT2D eigenvalue weighted by molar-refractivity contribution is 0.172. The highest BCUT2D eigenvalue weighted by atomic mass is 16.7. The number of hydrogen-bond donors (Lipinski definition) is 1. The van der Waals surface area contributed by atoms with Crippen molar-refractivity contribution in [3.63, 3.8) is 0 Å². The van der Waals surface area contributed by atoms with E-state index in [2.05, 4.69) is 16.5 Å². The largest absolute Gasteiger partial charge is 0.454 e. The van der Waals surface area contributed by atoms with Crippen molar-refractivity contribution in [1.82, 2.24) is 9.55 Å². The molecule has 102 valence electrons. The summed E-state index contributed by atoms with van der Waals surface area (Å²) in [5.74, 6) is 2.35. The highest BCUT2D eigenvalue weighted by molar-refractivity contribution is 5.81. The van der Waals surface area contributed by atoms with Crippen LogP contribution < -0.4 is 15.2 Å². The van der Waals surface area contributed by atoms with E-state index in [9.17, 15) is 0 Å². The highest BCUT2D eigenvalue weighted by Crippen LogP contribution is 2.37. The molecule has 3 rings (SSSR count). The van der Waals surface area contributed by atoms with Crippen LogP contribution >= 0.6 is 0 Å². The van der Waals surface area contributed by atoms with Gasteiger partial charge in [0.05, 0.1) is 11.0 Å². The Bertz CT molecular complexity index is 609. The van der Waals surface area contributed by atoms with Gasteiger partial charge in [0.2, 0.25) is 6.79 Å². The zero-order chi connectivity index (χ0) is 13.4. The van der Waals surface area contributed by atoms with Gasteiger partial charge in [0.1, 0.15) is 12.4 Å². The molecule has 0 radical (unpaired) electrons. The van der Waals surface area contributed by atoms with Gasteiger partial charge in [-0.2, -0.15) is 0 Å². The minimum atomic E-state index is 0.149. The summed E-state index contributed by atoms with van der Waals surface area (Å²) in [7, 11) is 1.66. The number of hydrogen-bond acceptors (Lipinski definition) is 5. The van der Waals surface area contributed by atoms with Crippen molar-refractivity contribution in [3.8, 4) is 11.5 Å². The summed E-state index contributed by atoms with van der Waals surface area (Å²) < 4.78 is 18.1. The van der Waals surface area contributed by atoms with E-state index in [0.29, 0.717) is 13.2 Å². The molecule has 2 aromatic rings. The second-order valence-electron chi connectivity index (χ2n) is 4.61. The SMILES string of the molecule is COCc1nc2cc3c(cc2n1C(C)CN)OCO3. The molecule has 2 N–H and O–H groups in total. The molecule has 1 aromatic heterocycles. The van der Waals surface area contributed by atoms with Gasteiger partial charge in [-0.3, -0.25) is 0 Å².